The Labute approximate surface area is 117 Å². The predicted molar refractivity (Wildman–Crippen MR) is 76.0 cm³/mol. The number of aliphatic hydroxyl groups is 1. The first kappa shape index (κ1) is 14.0. The van der Waals surface area contributed by atoms with Crippen molar-refractivity contribution in [2.75, 3.05) is 11.4 Å². The highest BCUT2D eigenvalue weighted by Crippen LogP contribution is 2.28. The van der Waals surface area contributed by atoms with Crippen LogP contribution in [0.2, 0.25) is 0 Å². The molecule has 3 nitrogen and oxygen atoms in total. The number of nitrogens with zero attached hydrogens (tertiary/aromatic N) is 2. The first-order chi connectivity index (χ1) is 9.76. The molecule has 0 atom stereocenters. The number of rotatable bonds is 5. The van der Waals surface area contributed by atoms with Crippen molar-refractivity contribution in [1.82, 2.24) is 0 Å². The number of benzene rings is 2. The van der Waals surface area contributed by atoms with Crippen molar-refractivity contribution in [2.45, 2.75) is 13.0 Å². The molecule has 0 fully saturated rings. The van der Waals surface area contributed by atoms with E-state index in [1.807, 2.05) is 30.3 Å². The molecule has 1 N–H and O–H groups in total. The van der Waals surface area contributed by atoms with E-state index in [2.05, 4.69) is 6.07 Å². The molecule has 0 aliphatic carbocycles. The lowest BCUT2D eigenvalue weighted by Gasteiger charge is -2.24. The van der Waals surface area contributed by atoms with Gasteiger partial charge in [0.2, 0.25) is 0 Å². The van der Waals surface area contributed by atoms with Crippen LogP contribution in [0.4, 0.5) is 15.8 Å². The van der Waals surface area contributed by atoms with E-state index in [0.29, 0.717) is 24.2 Å². The second-order valence-electron chi connectivity index (χ2n) is 4.34. The Hall–Kier alpha value is -2.38. The fourth-order valence-corrected chi connectivity index (χ4v) is 2.03. The molecule has 4 heteroatoms. The molecule has 2 aromatic rings. The molecule has 0 aromatic heterocycles. The highest BCUT2D eigenvalue weighted by molar-refractivity contribution is 5.64. The Morgan fingerprint density at radius 2 is 1.90 bits per heavy atom. The van der Waals surface area contributed by atoms with Gasteiger partial charge in [0.15, 0.2) is 0 Å². The van der Waals surface area contributed by atoms with Crippen LogP contribution in [-0.4, -0.2) is 11.7 Å². The van der Waals surface area contributed by atoms with Gasteiger partial charge in [0.1, 0.15) is 5.82 Å². The zero-order chi connectivity index (χ0) is 14.4. The zero-order valence-electron chi connectivity index (χ0n) is 11.0. The smallest absolute Gasteiger partial charge is 0.147 e. The third-order valence-electron chi connectivity index (χ3n) is 3.00. The second kappa shape index (κ2) is 6.69. The van der Waals surface area contributed by atoms with Gasteiger partial charge in [0, 0.05) is 12.2 Å². The van der Waals surface area contributed by atoms with Gasteiger partial charge in [-0.2, -0.15) is 5.26 Å². The molecule has 0 heterocycles. The molecule has 0 saturated carbocycles. The van der Waals surface area contributed by atoms with Crippen molar-refractivity contribution in [2.24, 2.45) is 0 Å². The maximum absolute atomic E-state index is 14.2. The van der Waals surface area contributed by atoms with Gasteiger partial charge in [-0.05, 0) is 29.8 Å². The maximum Gasteiger partial charge on any atom is 0.147 e. The van der Waals surface area contributed by atoms with Gasteiger partial charge >= 0.3 is 0 Å². The van der Waals surface area contributed by atoms with Crippen LogP contribution in [0.1, 0.15) is 12.0 Å². The van der Waals surface area contributed by atoms with Crippen molar-refractivity contribution in [3.63, 3.8) is 0 Å². The van der Waals surface area contributed by atoms with Gasteiger partial charge in [-0.3, -0.25) is 0 Å². The van der Waals surface area contributed by atoms with Gasteiger partial charge in [-0.15, -0.1) is 0 Å². The number of hydrogen-bond acceptors (Lipinski definition) is 3. The average molecular weight is 270 g/mol. The van der Waals surface area contributed by atoms with Gasteiger partial charge in [-0.1, -0.05) is 24.3 Å². The Balaban J connectivity index is 2.39. The van der Waals surface area contributed by atoms with Gasteiger partial charge in [-0.25, -0.2) is 4.39 Å². The Kier molecular flexibility index (Phi) is 4.70. The van der Waals surface area contributed by atoms with E-state index in [0.717, 1.165) is 5.69 Å². The molecular weight excluding hydrogens is 255 g/mol. The maximum atomic E-state index is 14.2. The molecule has 2 rings (SSSR count). The molecule has 0 bridgehead atoms. The highest BCUT2D eigenvalue weighted by Gasteiger charge is 2.13. The Morgan fingerprint density at radius 1 is 1.15 bits per heavy atom. The molecule has 20 heavy (non-hydrogen) atoms. The van der Waals surface area contributed by atoms with Crippen LogP contribution in [0.5, 0.6) is 0 Å². The SMILES string of the molecule is N#CCCN(c1ccccc1)c1ccc(CO)cc1F. The lowest BCUT2D eigenvalue weighted by atomic mass is 10.1. The molecule has 0 saturated heterocycles. The summed E-state index contributed by atoms with van der Waals surface area (Å²) >= 11 is 0. The minimum Gasteiger partial charge on any atom is -0.392 e. The van der Waals surface area contributed by atoms with Crippen molar-refractivity contribution < 1.29 is 9.50 Å². The summed E-state index contributed by atoms with van der Waals surface area (Å²) in [6.07, 6.45) is 0.302. The van der Waals surface area contributed by atoms with E-state index in [1.165, 1.54) is 6.07 Å². The highest BCUT2D eigenvalue weighted by atomic mass is 19.1. The molecule has 102 valence electrons. The average Bonchev–Trinajstić information content (AvgIpc) is 2.50. The van der Waals surface area contributed by atoms with Crippen molar-refractivity contribution in [1.29, 1.82) is 5.26 Å². The number of halogens is 1. The summed E-state index contributed by atoms with van der Waals surface area (Å²) in [7, 11) is 0. The summed E-state index contributed by atoms with van der Waals surface area (Å²) in [5.74, 6) is -0.404. The first-order valence-electron chi connectivity index (χ1n) is 6.35. The largest absolute Gasteiger partial charge is 0.392 e. The van der Waals surface area contributed by atoms with Crippen LogP contribution in [0.25, 0.3) is 0 Å². The number of anilines is 2. The molecule has 0 aliphatic rings. The Bertz CT molecular complexity index is 608. The van der Waals surface area contributed by atoms with Crippen LogP contribution < -0.4 is 4.90 Å². The predicted octanol–water partition coefficient (Wildman–Crippen LogP) is 3.37. The lowest BCUT2D eigenvalue weighted by molar-refractivity contribution is 0.281. The third-order valence-corrected chi connectivity index (χ3v) is 3.00. The molecule has 2 aromatic carbocycles. The van der Waals surface area contributed by atoms with Gasteiger partial charge < -0.3 is 10.0 Å². The van der Waals surface area contributed by atoms with Gasteiger partial charge in [0.05, 0.1) is 24.8 Å². The topological polar surface area (TPSA) is 47.3 Å². The van der Waals surface area contributed by atoms with E-state index in [4.69, 9.17) is 10.4 Å². The quantitative estimate of drug-likeness (QED) is 0.906. The lowest BCUT2D eigenvalue weighted by Crippen LogP contribution is -2.19. The number of para-hydroxylation sites is 1. The van der Waals surface area contributed by atoms with Crippen LogP contribution in [-0.2, 0) is 6.61 Å². The van der Waals surface area contributed by atoms with Crippen molar-refractivity contribution in [3.8, 4) is 6.07 Å². The molecule has 0 radical (unpaired) electrons. The molecular formula is C16H15FN2O. The van der Waals surface area contributed by atoms with E-state index in [9.17, 15) is 4.39 Å². The molecule has 0 amide bonds. The van der Waals surface area contributed by atoms with E-state index < -0.39 is 5.82 Å². The second-order valence-corrected chi connectivity index (χ2v) is 4.34. The summed E-state index contributed by atoms with van der Waals surface area (Å²) in [5, 5.41) is 17.8. The summed E-state index contributed by atoms with van der Waals surface area (Å²) < 4.78 is 14.2. The third kappa shape index (κ3) is 3.14. The normalized spacial score (nSPS) is 10.1. The zero-order valence-corrected chi connectivity index (χ0v) is 11.0. The van der Waals surface area contributed by atoms with Crippen molar-refractivity contribution in [3.05, 3.63) is 59.9 Å². The number of nitriles is 1. The Morgan fingerprint density at radius 3 is 2.50 bits per heavy atom. The van der Waals surface area contributed by atoms with E-state index >= 15 is 0 Å². The van der Waals surface area contributed by atoms with Crippen LogP contribution in [0, 0.1) is 17.1 Å². The fraction of sp³-hybridized carbons (Fsp3) is 0.188. The summed E-state index contributed by atoms with van der Waals surface area (Å²) in [4.78, 5) is 1.76. The standard InChI is InChI=1S/C16H15FN2O/c17-15-11-13(12-20)7-8-16(15)19(10-4-9-18)14-5-2-1-3-6-14/h1-3,5-8,11,20H,4,10,12H2. The molecule has 0 aliphatic heterocycles. The fourth-order valence-electron chi connectivity index (χ4n) is 2.03. The van der Waals surface area contributed by atoms with Gasteiger partial charge in [0.25, 0.3) is 0 Å². The number of aliphatic hydroxyl groups excluding tert-OH is 1. The summed E-state index contributed by atoms with van der Waals surface area (Å²) in [6, 6.07) is 16.1. The molecule has 0 spiro atoms. The minimum absolute atomic E-state index is 0.194. The van der Waals surface area contributed by atoms with E-state index in [1.54, 1.807) is 17.0 Å². The monoisotopic (exact) mass is 270 g/mol. The first-order valence-corrected chi connectivity index (χ1v) is 6.35. The van der Waals surface area contributed by atoms with Crippen molar-refractivity contribution >= 4 is 11.4 Å². The minimum atomic E-state index is -0.404. The summed E-state index contributed by atoms with van der Waals surface area (Å²) in [5.41, 5.74) is 1.77. The van der Waals surface area contributed by atoms with Crippen LogP contribution >= 0.6 is 0 Å². The van der Waals surface area contributed by atoms with Crippen LogP contribution in [0.3, 0.4) is 0 Å². The van der Waals surface area contributed by atoms with Crippen LogP contribution in [0.15, 0.2) is 48.5 Å². The number of hydrogen-bond donors (Lipinski definition) is 1. The van der Waals surface area contributed by atoms with E-state index in [-0.39, 0.29) is 6.61 Å². The summed E-state index contributed by atoms with van der Waals surface area (Å²) in [6.45, 7) is 0.219. The molecule has 0 unspecified atom stereocenters.